The molecule has 1 unspecified atom stereocenters. The van der Waals surface area contributed by atoms with E-state index in [1.807, 2.05) is 38.1 Å². The molecule has 0 spiro atoms. The molecule has 22 heavy (non-hydrogen) atoms. The second kappa shape index (κ2) is 6.48. The topological polar surface area (TPSA) is 66.8 Å². The second-order valence-corrected chi connectivity index (χ2v) is 6.12. The third-order valence-corrected chi connectivity index (χ3v) is 4.25. The summed E-state index contributed by atoms with van der Waals surface area (Å²) in [4.78, 5) is 25.5. The highest BCUT2D eigenvalue weighted by Gasteiger charge is 2.37. The van der Waals surface area contributed by atoms with Crippen molar-refractivity contribution in [1.29, 1.82) is 0 Å². The first-order chi connectivity index (χ1) is 10.4. The van der Waals surface area contributed by atoms with Crippen LogP contribution in [0.15, 0.2) is 24.3 Å². The molecule has 120 valence electrons. The molecule has 0 bridgehead atoms. The van der Waals surface area contributed by atoms with E-state index in [1.54, 1.807) is 4.90 Å². The van der Waals surface area contributed by atoms with Gasteiger partial charge < -0.3 is 14.7 Å². The maximum atomic E-state index is 12.8. The van der Waals surface area contributed by atoms with Crippen molar-refractivity contribution >= 4 is 11.9 Å². The maximum absolute atomic E-state index is 12.8. The highest BCUT2D eigenvalue weighted by molar-refractivity contribution is 5.88. The molecule has 1 aromatic rings. The van der Waals surface area contributed by atoms with Crippen molar-refractivity contribution in [2.45, 2.75) is 38.7 Å². The summed E-state index contributed by atoms with van der Waals surface area (Å²) in [5.74, 6) is -1.09. The van der Waals surface area contributed by atoms with Gasteiger partial charge in [0.05, 0.1) is 18.6 Å². The van der Waals surface area contributed by atoms with Gasteiger partial charge in [0.2, 0.25) is 5.91 Å². The zero-order valence-corrected chi connectivity index (χ0v) is 13.3. The van der Waals surface area contributed by atoms with Crippen LogP contribution in [0.4, 0.5) is 0 Å². The summed E-state index contributed by atoms with van der Waals surface area (Å²) >= 11 is 0. The number of carbonyl (C=O) groups excluding carboxylic acids is 1. The van der Waals surface area contributed by atoms with Gasteiger partial charge in [0.15, 0.2) is 6.10 Å². The van der Waals surface area contributed by atoms with Crippen molar-refractivity contribution in [3.8, 4) is 0 Å². The number of ether oxygens (including phenoxy) is 1. The predicted molar refractivity (Wildman–Crippen MR) is 82.8 cm³/mol. The van der Waals surface area contributed by atoms with Crippen LogP contribution in [0.1, 0.15) is 31.9 Å². The van der Waals surface area contributed by atoms with E-state index in [1.165, 1.54) is 5.56 Å². The summed E-state index contributed by atoms with van der Waals surface area (Å²) in [6.07, 6.45) is 0.0225. The Morgan fingerprint density at radius 3 is 2.50 bits per heavy atom. The average Bonchev–Trinajstić information content (AvgIpc) is 2.54. The Morgan fingerprint density at radius 2 is 1.95 bits per heavy atom. The lowest BCUT2D eigenvalue weighted by Crippen LogP contribution is -2.53. The number of carboxylic acid groups (broad SMARTS) is 1. The number of hydrogen-bond acceptors (Lipinski definition) is 3. The third kappa shape index (κ3) is 3.30. The quantitative estimate of drug-likeness (QED) is 0.921. The molecule has 5 nitrogen and oxygen atoms in total. The van der Waals surface area contributed by atoms with E-state index in [2.05, 4.69) is 6.92 Å². The molecule has 1 aliphatic rings. The van der Waals surface area contributed by atoms with Gasteiger partial charge in [0.25, 0.3) is 0 Å². The van der Waals surface area contributed by atoms with E-state index in [0.29, 0.717) is 6.54 Å². The van der Waals surface area contributed by atoms with Crippen LogP contribution in [0.25, 0.3) is 0 Å². The van der Waals surface area contributed by atoms with Crippen molar-refractivity contribution in [1.82, 2.24) is 4.90 Å². The minimum Gasteiger partial charge on any atom is -0.479 e. The summed E-state index contributed by atoms with van der Waals surface area (Å²) in [5, 5.41) is 9.05. The molecule has 5 heteroatoms. The molecular formula is C17H23NO4. The minimum atomic E-state index is -1.03. The SMILES string of the molecule is CCc1ccc(C(C)(C)C(=O)N2CCOC(C(=O)O)C2)cc1. The lowest BCUT2D eigenvalue weighted by Gasteiger charge is -2.36. The van der Waals surface area contributed by atoms with Gasteiger partial charge in [-0.15, -0.1) is 0 Å². The molecule has 0 saturated carbocycles. The van der Waals surface area contributed by atoms with Crippen molar-refractivity contribution in [3.05, 3.63) is 35.4 Å². The van der Waals surface area contributed by atoms with Crippen LogP contribution < -0.4 is 0 Å². The first-order valence-corrected chi connectivity index (χ1v) is 7.59. The van der Waals surface area contributed by atoms with Crippen molar-refractivity contribution in [3.63, 3.8) is 0 Å². The Hall–Kier alpha value is -1.88. The summed E-state index contributed by atoms with van der Waals surface area (Å²) in [6, 6.07) is 8.02. The van der Waals surface area contributed by atoms with Gasteiger partial charge in [-0.1, -0.05) is 31.2 Å². The normalized spacial score (nSPS) is 19.0. The molecule has 0 aliphatic carbocycles. The number of amides is 1. The Labute approximate surface area is 130 Å². The van der Waals surface area contributed by atoms with E-state index in [9.17, 15) is 9.59 Å². The van der Waals surface area contributed by atoms with Crippen molar-refractivity contribution in [2.75, 3.05) is 19.7 Å². The van der Waals surface area contributed by atoms with Gasteiger partial charge in [-0.25, -0.2) is 4.79 Å². The van der Waals surface area contributed by atoms with Gasteiger partial charge >= 0.3 is 5.97 Å². The summed E-state index contributed by atoms with van der Waals surface area (Å²) < 4.78 is 5.18. The number of morpholine rings is 1. The summed E-state index contributed by atoms with van der Waals surface area (Å²) in [7, 11) is 0. The summed E-state index contributed by atoms with van der Waals surface area (Å²) in [5.41, 5.74) is 1.48. The van der Waals surface area contributed by atoms with Gasteiger partial charge in [-0.3, -0.25) is 4.79 Å². The number of rotatable bonds is 4. The zero-order chi connectivity index (χ0) is 16.3. The standard InChI is InChI=1S/C17H23NO4/c1-4-12-5-7-13(8-6-12)17(2,3)16(21)18-9-10-22-14(11-18)15(19)20/h5-8,14H,4,9-11H2,1-3H3,(H,19,20). The molecule has 1 amide bonds. The molecular weight excluding hydrogens is 282 g/mol. The highest BCUT2D eigenvalue weighted by Crippen LogP contribution is 2.27. The van der Waals surface area contributed by atoms with E-state index < -0.39 is 17.5 Å². The number of aryl methyl sites for hydroxylation is 1. The molecule has 1 aliphatic heterocycles. The minimum absolute atomic E-state index is 0.0636. The molecule has 0 aromatic heterocycles. The lowest BCUT2D eigenvalue weighted by molar-refractivity contribution is -0.160. The largest absolute Gasteiger partial charge is 0.479 e. The van der Waals surface area contributed by atoms with Crippen LogP contribution in [0.5, 0.6) is 0 Å². The Morgan fingerprint density at radius 1 is 1.32 bits per heavy atom. The number of nitrogens with zero attached hydrogens (tertiary/aromatic N) is 1. The maximum Gasteiger partial charge on any atom is 0.334 e. The molecule has 2 rings (SSSR count). The fraction of sp³-hybridized carbons (Fsp3) is 0.529. The Balaban J connectivity index is 2.16. The number of benzene rings is 1. The van der Waals surface area contributed by atoms with E-state index in [4.69, 9.17) is 9.84 Å². The van der Waals surface area contributed by atoms with Crippen LogP contribution in [0, 0.1) is 0 Å². The fourth-order valence-corrected chi connectivity index (χ4v) is 2.66. The number of hydrogen-bond donors (Lipinski definition) is 1. The van der Waals surface area contributed by atoms with Crippen LogP contribution in [0.2, 0.25) is 0 Å². The number of carbonyl (C=O) groups is 2. The van der Waals surface area contributed by atoms with E-state index in [-0.39, 0.29) is 19.1 Å². The zero-order valence-electron chi connectivity index (χ0n) is 13.3. The first-order valence-electron chi connectivity index (χ1n) is 7.59. The molecule has 1 fully saturated rings. The second-order valence-electron chi connectivity index (χ2n) is 6.12. The molecule has 0 radical (unpaired) electrons. The predicted octanol–water partition coefficient (Wildman–Crippen LogP) is 1.84. The van der Waals surface area contributed by atoms with Gasteiger partial charge in [-0.05, 0) is 31.4 Å². The number of aliphatic carboxylic acids is 1. The van der Waals surface area contributed by atoms with E-state index in [0.717, 1.165) is 12.0 Å². The van der Waals surface area contributed by atoms with Gasteiger partial charge in [-0.2, -0.15) is 0 Å². The van der Waals surface area contributed by atoms with Gasteiger partial charge in [0.1, 0.15) is 0 Å². The van der Waals surface area contributed by atoms with Crippen molar-refractivity contribution < 1.29 is 19.4 Å². The molecule has 1 saturated heterocycles. The fourth-order valence-electron chi connectivity index (χ4n) is 2.66. The summed E-state index contributed by atoms with van der Waals surface area (Å²) in [6.45, 7) is 6.63. The monoisotopic (exact) mass is 305 g/mol. The van der Waals surface area contributed by atoms with Crippen LogP contribution >= 0.6 is 0 Å². The Kier molecular flexibility index (Phi) is 4.86. The molecule has 1 N–H and O–H groups in total. The van der Waals surface area contributed by atoms with Crippen LogP contribution in [-0.4, -0.2) is 47.7 Å². The van der Waals surface area contributed by atoms with Crippen LogP contribution in [0.3, 0.4) is 0 Å². The van der Waals surface area contributed by atoms with Crippen molar-refractivity contribution in [2.24, 2.45) is 0 Å². The average molecular weight is 305 g/mol. The smallest absolute Gasteiger partial charge is 0.334 e. The first kappa shape index (κ1) is 16.5. The molecule has 1 heterocycles. The Bertz CT molecular complexity index is 550. The van der Waals surface area contributed by atoms with E-state index >= 15 is 0 Å². The lowest BCUT2D eigenvalue weighted by atomic mass is 9.82. The third-order valence-electron chi connectivity index (χ3n) is 4.25. The van der Waals surface area contributed by atoms with Crippen LogP contribution in [-0.2, 0) is 26.2 Å². The molecule has 1 atom stereocenters. The number of carboxylic acids is 1. The van der Waals surface area contributed by atoms with Gasteiger partial charge in [0, 0.05) is 6.54 Å². The highest BCUT2D eigenvalue weighted by atomic mass is 16.5. The molecule has 1 aromatic carbocycles.